The number of hydrogen-bond acceptors (Lipinski definition) is 4. The summed E-state index contributed by atoms with van der Waals surface area (Å²) in [6.07, 6.45) is 2.44. The van der Waals surface area contributed by atoms with Crippen LogP contribution in [0, 0.1) is 6.92 Å². The summed E-state index contributed by atoms with van der Waals surface area (Å²) in [6, 6.07) is 1.98. The van der Waals surface area contributed by atoms with Gasteiger partial charge in [-0.15, -0.1) is 0 Å². The smallest absolute Gasteiger partial charge is 0.225 e. The molecular formula is C15H26N6. The Morgan fingerprint density at radius 3 is 2.57 bits per heavy atom. The third kappa shape index (κ3) is 4.06. The van der Waals surface area contributed by atoms with Crippen LogP contribution >= 0.6 is 0 Å². The number of rotatable bonds is 5. The zero-order valence-electron chi connectivity index (χ0n) is 13.3. The molecule has 0 aromatic carbocycles. The quantitative estimate of drug-likeness (QED) is 0.658. The molecule has 116 valence electrons. The third-order valence-corrected chi connectivity index (χ3v) is 3.77. The number of nitrogens with zero attached hydrogens (tertiary/aromatic N) is 5. The van der Waals surface area contributed by atoms with Gasteiger partial charge in [0.2, 0.25) is 5.95 Å². The normalized spacial score (nSPS) is 15.6. The average molecular weight is 290 g/mol. The number of hydrogen-bond donors (Lipinski definition) is 1. The third-order valence-electron chi connectivity index (χ3n) is 3.77. The fourth-order valence-corrected chi connectivity index (χ4v) is 2.57. The molecule has 1 aromatic heterocycles. The Balaban J connectivity index is 2.11. The zero-order valence-corrected chi connectivity index (χ0v) is 13.3. The average Bonchev–Trinajstić information content (AvgIpc) is 3.00. The van der Waals surface area contributed by atoms with E-state index in [9.17, 15) is 0 Å². The highest BCUT2D eigenvalue weighted by molar-refractivity contribution is 5.77. The van der Waals surface area contributed by atoms with Crippen LogP contribution in [-0.2, 0) is 6.54 Å². The molecule has 0 amide bonds. The SMILES string of the molecule is CCN(CC)C(N)=NCc1cc(C)nc(N2CCCC2)n1. The van der Waals surface area contributed by atoms with Crippen LogP contribution in [0.25, 0.3) is 0 Å². The molecule has 6 nitrogen and oxygen atoms in total. The van der Waals surface area contributed by atoms with Gasteiger partial charge in [-0.1, -0.05) is 0 Å². The first-order valence-corrected chi connectivity index (χ1v) is 7.78. The van der Waals surface area contributed by atoms with Gasteiger partial charge in [-0.05, 0) is 39.7 Å². The predicted molar refractivity (Wildman–Crippen MR) is 86.5 cm³/mol. The second-order valence-corrected chi connectivity index (χ2v) is 5.34. The lowest BCUT2D eigenvalue weighted by atomic mass is 10.3. The Bertz CT molecular complexity index is 489. The standard InChI is InChI=1S/C15H26N6/c1-4-20(5-2)14(16)17-11-13-10-12(3)18-15(19-13)21-8-6-7-9-21/h10H,4-9,11H2,1-3H3,(H2,16,17). The van der Waals surface area contributed by atoms with Crippen molar-refractivity contribution in [2.75, 3.05) is 31.1 Å². The highest BCUT2D eigenvalue weighted by Crippen LogP contribution is 2.17. The first kappa shape index (κ1) is 15.5. The van der Waals surface area contributed by atoms with Crippen LogP contribution in [0.15, 0.2) is 11.1 Å². The summed E-state index contributed by atoms with van der Waals surface area (Å²) < 4.78 is 0. The molecule has 1 aliphatic heterocycles. The molecule has 2 rings (SSSR count). The Hall–Kier alpha value is -1.85. The molecule has 6 heteroatoms. The Kier molecular flexibility index (Phi) is 5.36. The fraction of sp³-hybridized carbons (Fsp3) is 0.667. The molecule has 21 heavy (non-hydrogen) atoms. The minimum absolute atomic E-state index is 0.506. The summed E-state index contributed by atoms with van der Waals surface area (Å²) in [7, 11) is 0. The number of aryl methyl sites for hydroxylation is 1. The molecule has 0 bridgehead atoms. The summed E-state index contributed by atoms with van der Waals surface area (Å²) in [5.41, 5.74) is 7.92. The van der Waals surface area contributed by atoms with Gasteiger partial charge in [0.15, 0.2) is 5.96 Å². The molecule has 1 fully saturated rings. The highest BCUT2D eigenvalue weighted by atomic mass is 15.3. The van der Waals surface area contributed by atoms with Crippen molar-refractivity contribution in [2.24, 2.45) is 10.7 Å². The molecular weight excluding hydrogens is 264 g/mol. The summed E-state index contributed by atoms with van der Waals surface area (Å²) in [5.74, 6) is 1.41. The van der Waals surface area contributed by atoms with Crippen LogP contribution in [0.3, 0.4) is 0 Å². The molecule has 0 spiro atoms. The number of nitrogens with two attached hydrogens (primary N) is 1. The van der Waals surface area contributed by atoms with Crippen molar-refractivity contribution in [3.63, 3.8) is 0 Å². The summed E-state index contributed by atoms with van der Waals surface area (Å²) in [4.78, 5) is 17.9. The van der Waals surface area contributed by atoms with Crippen molar-refractivity contribution in [3.8, 4) is 0 Å². The second-order valence-electron chi connectivity index (χ2n) is 5.34. The lowest BCUT2D eigenvalue weighted by Crippen LogP contribution is -2.37. The molecule has 2 heterocycles. The fourth-order valence-electron chi connectivity index (χ4n) is 2.57. The van der Waals surface area contributed by atoms with Crippen LogP contribution in [0.1, 0.15) is 38.1 Å². The largest absolute Gasteiger partial charge is 0.370 e. The van der Waals surface area contributed by atoms with Crippen molar-refractivity contribution in [3.05, 3.63) is 17.5 Å². The number of guanidine groups is 1. The van der Waals surface area contributed by atoms with Gasteiger partial charge in [0.05, 0.1) is 12.2 Å². The van der Waals surface area contributed by atoms with Crippen LogP contribution in [0.5, 0.6) is 0 Å². The van der Waals surface area contributed by atoms with E-state index >= 15 is 0 Å². The summed E-state index contributed by atoms with van der Waals surface area (Å²) in [5, 5.41) is 0. The van der Waals surface area contributed by atoms with E-state index in [1.54, 1.807) is 0 Å². The molecule has 0 aliphatic carbocycles. The van der Waals surface area contributed by atoms with Gasteiger partial charge < -0.3 is 15.5 Å². The first-order valence-electron chi connectivity index (χ1n) is 7.78. The van der Waals surface area contributed by atoms with Gasteiger partial charge in [0.1, 0.15) is 0 Å². The topological polar surface area (TPSA) is 70.6 Å². The van der Waals surface area contributed by atoms with Crippen molar-refractivity contribution in [1.29, 1.82) is 0 Å². The minimum atomic E-state index is 0.506. The maximum Gasteiger partial charge on any atom is 0.225 e. The monoisotopic (exact) mass is 290 g/mol. The Labute approximate surface area is 127 Å². The van der Waals surface area contributed by atoms with E-state index < -0.39 is 0 Å². The Morgan fingerprint density at radius 1 is 1.29 bits per heavy atom. The zero-order chi connectivity index (χ0) is 15.2. The number of aromatic nitrogens is 2. The van der Waals surface area contributed by atoms with Gasteiger partial charge in [0.25, 0.3) is 0 Å². The number of anilines is 1. The molecule has 0 radical (unpaired) electrons. The molecule has 1 aromatic rings. The van der Waals surface area contributed by atoms with E-state index in [0.29, 0.717) is 12.5 Å². The first-order chi connectivity index (χ1) is 10.1. The van der Waals surface area contributed by atoms with Gasteiger partial charge in [-0.3, -0.25) is 0 Å². The van der Waals surface area contributed by atoms with Gasteiger partial charge >= 0.3 is 0 Å². The molecule has 2 N–H and O–H groups in total. The molecule has 1 aliphatic rings. The highest BCUT2D eigenvalue weighted by Gasteiger charge is 2.15. The van der Waals surface area contributed by atoms with Crippen molar-refractivity contribution in [1.82, 2.24) is 14.9 Å². The van der Waals surface area contributed by atoms with E-state index in [2.05, 4.69) is 33.7 Å². The van der Waals surface area contributed by atoms with E-state index in [4.69, 9.17) is 5.73 Å². The van der Waals surface area contributed by atoms with Crippen LogP contribution < -0.4 is 10.6 Å². The lowest BCUT2D eigenvalue weighted by Gasteiger charge is -2.19. The minimum Gasteiger partial charge on any atom is -0.370 e. The molecule has 0 unspecified atom stereocenters. The lowest BCUT2D eigenvalue weighted by molar-refractivity contribution is 0.458. The summed E-state index contributed by atoms with van der Waals surface area (Å²) >= 11 is 0. The second kappa shape index (κ2) is 7.24. The molecule has 1 saturated heterocycles. The van der Waals surface area contributed by atoms with Crippen LogP contribution in [-0.4, -0.2) is 47.0 Å². The van der Waals surface area contributed by atoms with E-state index in [0.717, 1.165) is 43.5 Å². The predicted octanol–water partition coefficient (Wildman–Crippen LogP) is 1.54. The van der Waals surface area contributed by atoms with E-state index in [1.807, 2.05) is 17.9 Å². The van der Waals surface area contributed by atoms with Crippen LogP contribution in [0.2, 0.25) is 0 Å². The van der Waals surface area contributed by atoms with E-state index in [1.165, 1.54) is 12.8 Å². The van der Waals surface area contributed by atoms with Crippen molar-refractivity contribution >= 4 is 11.9 Å². The van der Waals surface area contributed by atoms with E-state index in [-0.39, 0.29) is 0 Å². The van der Waals surface area contributed by atoms with Gasteiger partial charge in [0, 0.05) is 31.9 Å². The van der Waals surface area contributed by atoms with Gasteiger partial charge in [-0.25, -0.2) is 15.0 Å². The van der Waals surface area contributed by atoms with Crippen LogP contribution in [0.4, 0.5) is 5.95 Å². The number of aliphatic imine (C=N–C) groups is 1. The van der Waals surface area contributed by atoms with Crippen molar-refractivity contribution < 1.29 is 0 Å². The molecule has 0 atom stereocenters. The maximum absolute atomic E-state index is 6.01. The maximum atomic E-state index is 6.01. The van der Waals surface area contributed by atoms with Crippen molar-refractivity contribution in [2.45, 2.75) is 40.2 Å². The molecule has 0 saturated carbocycles. The Morgan fingerprint density at radius 2 is 1.95 bits per heavy atom. The van der Waals surface area contributed by atoms with Gasteiger partial charge in [-0.2, -0.15) is 0 Å². The summed E-state index contributed by atoms with van der Waals surface area (Å²) in [6.45, 7) is 10.5.